The van der Waals surface area contributed by atoms with E-state index in [2.05, 4.69) is 5.32 Å². The molecule has 1 amide bonds. The lowest BCUT2D eigenvalue weighted by Gasteiger charge is -2.29. The van der Waals surface area contributed by atoms with Crippen molar-refractivity contribution in [2.45, 2.75) is 25.8 Å². The van der Waals surface area contributed by atoms with Crippen LogP contribution in [0.3, 0.4) is 0 Å². The molecule has 0 aliphatic heterocycles. The predicted molar refractivity (Wildman–Crippen MR) is 74.8 cm³/mol. The van der Waals surface area contributed by atoms with Crippen molar-refractivity contribution in [3.63, 3.8) is 0 Å². The summed E-state index contributed by atoms with van der Waals surface area (Å²) < 4.78 is 0. The quantitative estimate of drug-likeness (QED) is 0.819. The molecule has 0 aromatic heterocycles. The van der Waals surface area contributed by atoms with Crippen molar-refractivity contribution in [2.24, 2.45) is 0 Å². The van der Waals surface area contributed by atoms with Crippen LogP contribution >= 0.6 is 23.2 Å². The SMILES string of the molecule is CCC(CCl)(CCl)NC(=O)c1cc(C)ccc1O. The maximum Gasteiger partial charge on any atom is 0.255 e. The summed E-state index contributed by atoms with van der Waals surface area (Å²) in [5, 5.41) is 12.5. The fourth-order valence-electron chi connectivity index (χ4n) is 1.52. The highest BCUT2D eigenvalue weighted by atomic mass is 35.5. The summed E-state index contributed by atoms with van der Waals surface area (Å²) in [6, 6.07) is 4.87. The Morgan fingerprint density at radius 3 is 2.50 bits per heavy atom. The second-order valence-electron chi connectivity index (χ2n) is 4.38. The minimum atomic E-state index is -0.642. The van der Waals surface area contributed by atoms with Crippen LogP contribution in [0, 0.1) is 6.92 Å². The van der Waals surface area contributed by atoms with Gasteiger partial charge in [0.05, 0.1) is 11.1 Å². The molecule has 0 bridgehead atoms. The Bertz CT molecular complexity index is 423. The third-order valence-corrected chi connectivity index (χ3v) is 3.99. The number of phenolic OH excluding ortho intramolecular Hbond substituents is 1. The molecular weight excluding hydrogens is 273 g/mol. The molecule has 0 saturated carbocycles. The molecule has 100 valence electrons. The number of carbonyl (C=O) groups excluding carboxylic acids is 1. The van der Waals surface area contributed by atoms with Gasteiger partial charge in [0.25, 0.3) is 5.91 Å². The van der Waals surface area contributed by atoms with Gasteiger partial charge in [-0.2, -0.15) is 0 Å². The van der Waals surface area contributed by atoms with Gasteiger partial charge in [0.2, 0.25) is 0 Å². The molecule has 2 N–H and O–H groups in total. The molecule has 3 nitrogen and oxygen atoms in total. The van der Waals surface area contributed by atoms with Crippen LogP contribution in [-0.2, 0) is 0 Å². The lowest BCUT2D eigenvalue weighted by Crippen LogP contribution is -2.51. The first-order valence-electron chi connectivity index (χ1n) is 5.72. The minimum Gasteiger partial charge on any atom is -0.507 e. The number of alkyl halides is 2. The summed E-state index contributed by atoms with van der Waals surface area (Å²) in [6.45, 7) is 3.76. The molecule has 5 heteroatoms. The van der Waals surface area contributed by atoms with Crippen LogP contribution in [0.15, 0.2) is 18.2 Å². The third-order valence-electron chi connectivity index (χ3n) is 2.96. The minimum absolute atomic E-state index is 0.0488. The predicted octanol–water partition coefficient (Wildman–Crippen LogP) is 3.06. The first-order valence-corrected chi connectivity index (χ1v) is 6.79. The van der Waals surface area contributed by atoms with Crippen molar-refractivity contribution < 1.29 is 9.90 Å². The Morgan fingerprint density at radius 2 is 2.00 bits per heavy atom. The third kappa shape index (κ3) is 3.30. The van der Waals surface area contributed by atoms with Crippen molar-refractivity contribution in [2.75, 3.05) is 11.8 Å². The Hall–Kier alpha value is -0.930. The Balaban J connectivity index is 2.97. The van der Waals surface area contributed by atoms with E-state index in [1.54, 1.807) is 12.1 Å². The molecule has 18 heavy (non-hydrogen) atoms. The number of hydrogen-bond donors (Lipinski definition) is 2. The molecule has 0 atom stereocenters. The molecule has 0 aliphatic rings. The molecular formula is C13H17Cl2NO2. The summed E-state index contributed by atoms with van der Waals surface area (Å²) in [6.07, 6.45) is 0.623. The van der Waals surface area contributed by atoms with E-state index in [1.807, 2.05) is 13.8 Å². The number of amides is 1. The molecule has 0 unspecified atom stereocenters. The van der Waals surface area contributed by atoms with Crippen molar-refractivity contribution in [3.8, 4) is 5.75 Å². The van der Waals surface area contributed by atoms with Gasteiger partial charge in [0, 0.05) is 11.8 Å². The van der Waals surface area contributed by atoms with Crippen LogP contribution in [0.1, 0.15) is 29.3 Å². The number of hydrogen-bond acceptors (Lipinski definition) is 2. The van der Waals surface area contributed by atoms with E-state index < -0.39 is 5.54 Å². The number of benzene rings is 1. The monoisotopic (exact) mass is 289 g/mol. The Morgan fingerprint density at radius 1 is 1.39 bits per heavy atom. The van der Waals surface area contributed by atoms with E-state index in [0.717, 1.165) is 5.56 Å². The van der Waals surface area contributed by atoms with Crippen molar-refractivity contribution in [1.29, 1.82) is 0 Å². The number of nitrogens with one attached hydrogen (secondary N) is 1. The highest BCUT2D eigenvalue weighted by Gasteiger charge is 2.29. The normalized spacial score (nSPS) is 11.3. The summed E-state index contributed by atoms with van der Waals surface area (Å²) in [5.74, 6) is 0.0444. The number of halogens is 2. The van der Waals surface area contributed by atoms with Gasteiger partial charge in [0.15, 0.2) is 0 Å². The van der Waals surface area contributed by atoms with Gasteiger partial charge >= 0.3 is 0 Å². The van der Waals surface area contributed by atoms with Crippen molar-refractivity contribution in [3.05, 3.63) is 29.3 Å². The fourth-order valence-corrected chi connectivity index (χ4v) is 2.32. The molecule has 1 rings (SSSR count). The average Bonchev–Trinajstić information content (AvgIpc) is 2.38. The topological polar surface area (TPSA) is 49.3 Å². The van der Waals surface area contributed by atoms with E-state index in [-0.39, 0.29) is 29.0 Å². The van der Waals surface area contributed by atoms with Crippen LogP contribution in [0.25, 0.3) is 0 Å². The lowest BCUT2D eigenvalue weighted by molar-refractivity contribution is 0.0910. The van der Waals surface area contributed by atoms with Gasteiger partial charge in [-0.1, -0.05) is 18.6 Å². The van der Waals surface area contributed by atoms with Gasteiger partial charge in [-0.3, -0.25) is 4.79 Å². The highest BCUT2D eigenvalue weighted by molar-refractivity contribution is 6.22. The smallest absolute Gasteiger partial charge is 0.255 e. The molecule has 0 heterocycles. The van der Waals surface area contributed by atoms with Gasteiger partial charge in [-0.05, 0) is 25.5 Å². The first kappa shape index (κ1) is 15.1. The molecule has 0 aliphatic carbocycles. The van der Waals surface area contributed by atoms with Crippen molar-refractivity contribution >= 4 is 29.1 Å². The molecule has 1 aromatic rings. The zero-order chi connectivity index (χ0) is 13.8. The second-order valence-corrected chi connectivity index (χ2v) is 4.91. The Kier molecular flexibility index (Phi) is 5.29. The maximum absolute atomic E-state index is 12.1. The van der Waals surface area contributed by atoms with Crippen LogP contribution in [0.2, 0.25) is 0 Å². The summed E-state index contributed by atoms with van der Waals surface area (Å²) in [5.41, 5.74) is 0.496. The lowest BCUT2D eigenvalue weighted by atomic mass is 10.00. The zero-order valence-corrected chi connectivity index (χ0v) is 12.0. The number of aryl methyl sites for hydroxylation is 1. The van der Waals surface area contributed by atoms with Gasteiger partial charge in [-0.25, -0.2) is 0 Å². The summed E-state index contributed by atoms with van der Waals surface area (Å²) in [7, 11) is 0. The van der Waals surface area contributed by atoms with Crippen LogP contribution in [0.5, 0.6) is 5.75 Å². The maximum atomic E-state index is 12.1. The van der Waals surface area contributed by atoms with Crippen LogP contribution < -0.4 is 5.32 Å². The standard InChI is InChI=1S/C13H17Cl2NO2/c1-3-13(7-14,8-15)16-12(18)10-6-9(2)4-5-11(10)17/h4-6,17H,3,7-8H2,1-2H3,(H,16,18). The summed E-state index contributed by atoms with van der Waals surface area (Å²) >= 11 is 11.7. The second kappa shape index (κ2) is 6.30. The average molecular weight is 290 g/mol. The summed E-state index contributed by atoms with van der Waals surface area (Å²) in [4.78, 5) is 12.1. The Labute approximate surface area is 117 Å². The molecule has 0 spiro atoms. The van der Waals surface area contributed by atoms with Crippen molar-refractivity contribution in [1.82, 2.24) is 5.32 Å². The van der Waals surface area contributed by atoms with Gasteiger partial charge < -0.3 is 10.4 Å². The zero-order valence-electron chi connectivity index (χ0n) is 10.5. The first-order chi connectivity index (χ1) is 8.48. The van der Waals surface area contributed by atoms with Gasteiger partial charge in [0.1, 0.15) is 5.75 Å². The van der Waals surface area contributed by atoms with E-state index in [1.165, 1.54) is 6.07 Å². The van der Waals surface area contributed by atoms with E-state index in [4.69, 9.17) is 23.2 Å². The molecule has 0 fully saturated rings. The van der Waals surface area contributed by atoms with Crippen LogP contribution in [-0.4, -0.2) is 28.3 Å². The van der Waals surface area contributed by atoms with Gasteiger partial charge in [-0.15, -0.1) is 23.2 Å². The fraction of sp³-hybridized carbons (Fsp3) is 0.462. The largest absolute Gasteiger partial charge is 0.507 e. The molecule has 0 radical (unpaired) electrons. The van der Waals surface area contributed by atoms with Crippen LogP contribution in [0.4, 0.5) is 0 Å². The molecule has 0 saturated heterocycles. The number of rotatable bonds is 5. The number of carbonyl (C=O) groups is 1. The number of aromatic hydroxyl groups is 1. The number of phenols is 1. The van der Waals surface area contributed by atoms with E-state index in [0.29, 0.717) is 6.42 Å². The van der Waals surface area contributed by atoms with E-state index >= 15 is 0 Å². The van der Waals surface area contributed by atoms with E-state index in [9.17, 15) is 9.90 Å². The highest BCUT2D eigenvalue weighted by Crippen LogP contribution is 2.21. The molecule has 1 aromatic carbocycles.